The summed E-state index contributed by atoms with van der Waals surface area (Å²) in [6, 6.07) is 1.40. The zero-order chi connectivity index (χ0) is 14.6. The van der Waals surface area contributed by atoms with Crippen LogP contribution in [0.25, 0.3) is 0 Å². The average Bonchev–Trinajstić information content (AvgIpc) is 2.31. The van der Waals surface area contributed by atoms with Crippen molar-refractivity contribution in [1.82, 2.24) is 4.57 Å². The molecule has 1 aromatic heterocycles. The number of halogens is 2. The van der Waals surface area contributed by atoms with Crippen LogP contribution in [0.4, 0.5) is 4.39 Å². The average molecular weight is 389 g/mol. The summed E-state index contributed by atoms with van der Waals surface area (Å²) in [4.78, 5) is 23.7. The van der Waals surface area contributed by atoms with E-state index in [1.165, 1.54) is 6.20 Å². The predicted molar refractivity (Wildman–Crippen MR) is 72.3 cm³/mol. The molecule has 1 rings (SSSR count). The second-order valence-corrected chi connectivity index (χ2v) is 5.38. The van der Waals surface area contributed by atoms with E-state index >= 15 is 0 Å². The maximum atomic E-state index is 13.4. The van der Waals surface area contributed by atoms with Crippen molar-refractivity contribution in [2.75, 3.05) is 6.61 Å². The second-order valence-electron chi connectivity index (χ2n) is 4.53. The van der Waals surface area contributed by atoms with Crippen LogP contribution in [0.3, 0.4) is 0 Å². The Labute approximate surface area is 136 Å². The predicted octanol–water partition coefficient (Wildman–Crippen LogP) is 2.70. The quantitative estimate of drug-likeness (QED) is 0.442. The Morgan fingerprint density at radius 1 is 1.55 bits per heavy atom. The van der Waals surface area contributed by atoms with Crippen LogP contribution in [-0.4, -0.2) is 17.1 Å². The van der Waals surface area contributed by atoms with Crippen molar-refractivity contribution in [3.63, 3.8) is 0 Å². The molecule has 7 heteroatoms. The molecule has 0 N–H and O–H groups in total. The van der Waals surface area contributed by atoms with Crippen LogP contribution < -0.4 is 5.56 Å². The van der Waals surface area contributed by atoms with Gasteiger partial charge in [-0.2, -0.15) is 0 Å². The number of rotatable bonds is 5. The number of esters is 1. The third kappa shape index (κ3) is 5.03. The first-order chi connectivity index (χ1) is 8.86. The molecule has 0 saturated carbocycles. The molecule has 0 aromatic carbocycles. The Kier molecular flexibility index (Phi) is 8.32. The summed E-state index contributed by atoms with van der Waals surface area (Å²) in [5, 5.41) is 0. The summed E-state index contributed by atoms with van der Waals surface area (Å²) < 4.78 is 19.7. The van der Waals surface area contributed by atoms with Gasteiger partial charge >= 0.3 is 5.97 Å². The number of pyridine rings is 1. The summed E-state index contributed by atoms with van der Waals surface area (Å²) in [5.41, 5.74) is -0.873. The first-order valence-electron chi connectivity index (χ1n) is 6.02. The molecule has 0 aliphatic heterocycles. The van der Waals surface area contributed by atoms with E-state index in [9.17, 15) is 14.0 Å². The number of hydrogen-bond acceptors (Lipinski definition) is 3. The van der Waals surface area contributed by atoms with E-state index in [0.29, 0.717) is 6.42 Å². The largest absolute Gasteiger partial charge is 0.464 e. The van der Waals surface area contributed by atoms with Gasteiger partial charge in [0.15, 0.2) is 5.56 Å². The van der Waals surface area contributed by atoms with E-state index < -0.39 is 23.4 Å². The monoisotopic (exact) mass is 388 g/mol. The van der Waals surface area contributed by atoms with Gasteiger partial charge in [-0.3, -0.25) is 0 Å². The molecule has 0 saturated heterocycles. The van der Waals surface area contributed by atoms with E-state index in [0.717, 1.165) is 4.57 Å². The van der Waals surface area contributed by atoms with Crippen LogP contribution in [0, 0.1) is 17.8 Å². The van der Waals surface area contributed by atoms with Gasteiger partial charge in [0.25, 0.3) is 0 Å². The van der Waals surface area contributed by atoms with Crippen molar-refractivity contribution in [3.8, 4) is 0 Å². The molecule has 0 aliphatic rings. The number of ether oxygens (including phenoxy) is 1. The van der Waals surface area contributed by atoms with Crippen LogP contribution >= 0.6 is 15.9 Å². The third-order valence-electron chi connectivity index (χ3n) is 2.49. The van der Waals surface area contributed by atoms with Crippen LogP contribution in [0.1, 0.15) is 33.2 Å². The summed E-state index contributed by atoms with van der Waals surface area (Å²) in [7, 11) is 0. The number of nitrogens with zero attached hydrogens (tertiary/aromatic N) is 1. The molecule has 0 amide bonds. The molecule has 0 spiro atoms. The molecule has 0 radical (unpaired) electrons. The van der Waals surface area contributed by atoms with Gasteiger partial charge in [-0.25, -0.2) is 9.18 Å². The van der Waals surface area contributed by atoms with Crippen molar-refractivity contribution >= 4 is 21.9 Å². The van der Waals surface area contributed by atoms with Crippen LogP contribution in [-0.2, 0) is 26.6 Å². The number of aromatic nitrogens is 1. The van der Waals surface area contributed by atoms with Gasteiger partial charge in [0.1, 0.15) is 6.04 Å². The van der Waals surface area contributed by atoms with Crippen LogP contribution in [0.5, 0.6) is 0 Å². The van der Waals surface area contributed by atoms with E-state index in [1.807, 2.05) is 13.8 Å². The molecule has 0 bridgehead atoms. The van der Waals surface area contributed by atoms with E-state index in [-0.39, 0.29) is 34.1 Å². The Morgan fingerprint density at radius 2 is 2.15 bits per heavy atom. The maximum Gasteiger partial charge on any atom is 0.327 e. The van der Waals surface area contributed by atoms with Gasteiger partial charge in [0.05, 0.1) is 12.4 Å². The molecule has 4 nitrogen and oxygen atoms in total. The fraction of sp³-hybridized carbons (Fsp3) is 0.538. The Balaban J connectivity index is 0.00000361. The van der Waals surface area contributed by atoms with Gasteiger partial charge in [-0.1, -0.05) is 40.4 Å². The fourth-order valence-corrected chi connectivity index (χ4v) is 2.12. The summed E-state index contributed by atoms with van der Waals surface area (Å²) in [5.74, 6) is -1.39. The van der Waals surface area contributed by atoms with Crippen molar-refractivity contribution in [1.29, 1.82) is 0 Å². The standard InChI is InChI=1S/C13H16BrFNO3.Fe/c1-4-19-13(18)11(5-8(2)3)16-7-9(14)6-10(15)12(16)17;/h7-8,11H,4-5H2,1-3H3;/q-1;. The third-order valence-corrected chi connectivity index (χ3v) is 2.90. The van der Waals surface area contributed by atoms with Crippen molar-refractivity contribution in [3.05, 3.63) is 32.9 Å². The zero-order valence-electron chi connectivity index (χ0n) is 11.4. The molecule has 0 aliphatic carbocycles. The Bertz CT molecular complexity index is 519. The van der Waals surface area contributed by atoms with Crippen molar-refractivity contribution < 1.29 is 31.0 Å². The van der Waals surface area contributed by atoms with Gasteiger partial charge in [0, 0.05) is 17.1 Å². The molecule has 20 heavy (non-hydrogen) atoms. The molecule has 1 atom stereocenters. The van der Waals surface area contributed by atoms with Gasteiger partial charge in [-0.05, 0) is 19.3 Å². The first-order valence-corrected chi connectivity index (χ1v) is 6.82. The minimum Gasteiger partial charge on any atom is -0.464 e. The molecular weight excluding hydrogens is 373 g/mol. The van der Waals surface area contributed by atoms with Crippen molar-refractivity contribution in [2.24, 2.45) is 5.92 Å². The van der Waals surface area contributed by atoms with Gasteiger partial charge < -0.3 is 14.1 Å². The molecule has 0 fully saturated rings. The van der Waals surface area contributed by atoms with Gasteiger partial charge in [-0.15, -0.1) is 6.07 Å². The first kappa shape index (κ1) is 19.3. The molecule has 1 unspecified atom stereocenters. The minimum atomic E-state index is -1.02. The molecule has 1 heterocycles. The summed E-state index contributed by atoms with van der Waals surface area (Å²) in [6.45, 7) is 5.72. The summed E-state index contributed by atoms with van der Waals surface area (Å²) >= 11 is 3.06. The SMILES string of the molecule is CCOC(=O)C(CC(C)C)n1cc(Br)[c-]c(F)c1=O.[Fe]. The molecule has 114 valence electrons. The Hall–Kier alpha value is -0.651. The number of carbonyl (C=O) groups excluding carboxylic acids is 1. The smallest absolute Gasteiger partial charge is 0.327 e. The molecule has 1 aromatic rings. The van der Waals surface area contributed by atoms with Crippen LogP contribution in [0.2, 0.25) is 0 Å². The maximum absolute atomic E-state index is 13.4. The van der Waals surface area contributed by atoms with E-state index in [4.69, 9.17) is 4.74 Å². The number of carbonyl (C=O) groups is 1. The van der Waals surface area contributed by atoms with Crippen molar-refractivity contribution in [2.45, 2.75) is 33.2 Å². The van der Waals surface area contributed by atoms with Crippen LogP contribution in [0.15, 0.2) is 15.5 Å². The van der Waals surface area contributed by atoms with Gasteiger partial charge in [0.2, 0.25) is 0 Å². The normalized spacial score (nSPS) is 11.9. The van der Waals surface area contributed by atoms with E-state index in [2.05, 4.69) is 22.0 Å². The Morgan fingerprint density at radius 3 is 2.65 bits per heavy atom. The zero-order valence-corrected chi connectivity index (χ0v) is 14.1. The second kappa shape index (κ2) is 8.60. The fourth-order valence-electron chi connectivity index (χ4n) is 1.72. The topological polar surface area (TPSA) is 48.3 Å². The minimum absolute atomic E-state index is 0. The molecular formula is C13H16BrFFeNO3-. The summed E-state index contributed by atoms with van der Waals surface area (Å²) in [6.07, 6.45) is 1.75. The van der Waals surface area contributed by atoms with E-state index in [1.54, 1.807) is 6.92 Å². The number of hydrogen-bond donors (Lipinski definition) is 0.